The van der Waals surface area contributed by atoms with Gasteiger partial charge in [0.05, 0.1) is 0 Å². The van der Waals surface area contributed by atoms with Gasteiger partial charge in [0, 0.05) is 10.2 Å². The van der Waals surface area contributed by atoms with Gasteiger partial charge in [0.15, 0.2) is 0 Å². The van der Waals surface area contributed by atoms with Crippen molar-refractivity contribution in [3.05, 3.63) is 76.3 Å². The van der Waals surface area contributed by atoms with Gasteiger partial charge in [-0.1, -0.05) is 58.4 Å². The van der Waals surface area contributed by atoms with E-state index in [0.717, 1.165) is 21.3 Å². The van der Waals surface area contributed by atoms with Gasteiger partial charge in [-0.15, -0.1) is 5.10 Å². The second-order valence-corrected chi connectivity index (χ2v) is 6.22. The summed E-state index contributed by atoms with van der Waals surface area (Å²) in [5.74, 6) is 0.911. The minimum Gasteiger partial charge on any atom is -0.366 e. The molecule has 114 valence electrons. The molecule has 3 N–H and O–H groups in total. The van der Waals surface area contributed by atoms with Crippen LogP contribution in [0.5, 0.6) is 0 Å². The van der Waals surface area contributed by atoms with Gasteiger partial charge in [0.2, 0.25) is 11.9 Å². The molecule has 3 aromatic rings. The van der Waals surface area contributed by atoms with Crippen molar-refractivity contribution in [1.29, 1.82) is 0 Å². The third-order valence-corrected chi connectivity index (χ3v) is 4.31. The van der Waals surface area contributed by atoms with E-state index < -0.39 is 0 Å². The quantitative estimate of drug-likeness (QED) is 0.724. The first-order valence-corrected chi connectivity index (χ1v) is 8.02. The standard InChI is InChI=1S/C17H14BrN5/c18-13-8-6-12(7-9-13)15-10-14(11-4-2-1-3-5-11)20-17-21-16(19)22-23(15)17/h1-10,15H,(H3,19,20,21,22)/t15-/m1/s1. The van der Waals surface area contributed by atoms with Gasteiger partial charge < -0.3 is 11.1 Å². The van der Waals surface area contributed by atoms with E-state index >= 15 is 0 Å². The molecule has 23 heavy (non-hydrogen) atoms. The molecule has 6 heteroatoms. The summed E-state index contributed by atoms with van der Waals surface area (Å²) in [6.07, 6.45) is 2.14. The van der Waals surface area contributed by atoms with Crippen LogP contribution in [0.1, 0.15) is 17.2 Å². The molecule has 0 bridgehead atoms. The summed E-state index contributed by atoms with van der Waals surface area (Å²) in [4.78, 5) is 4.29. The first-order valence-electron chi connectivity index (χ1n) is 7.22. The molecule has 1 aliphatic heterocycles. The Kier molecular flexibility index (Phi) is 3.38. The predicted octanol–water partition coefficient (Wildman–Crippen LogP) is 3.68. The average Bonchev–Trinajstić information content (AvgIpc) is 2.96. The number of anilines is 2. The summed E-state index contributed by atoms with van der Waals surface area (Å²) in [6, 6.07) is 18.3. The van der Waals surface area contributed by atoms with E-state index in [2.05, 4.69) is 61.7 Å². The molecule has 4 rings (SSSR count). The zero-order valence-corrected chi connectivity index (χ0v) is 13.7. The Morgan fingerprint density at radius 3 is 2.52 bits per heavy atom. The maximum atomic E-state index is 5.79. The summed E-state index contributed by atoms with van der Waals surface area (Å²) in [5.41, 5.74) is 9.01. The highest BCUT2D eigenvalue weighted by Gasteiger charge is 2.24. The van der Waals surface area contributed by atoms with Crippen molar-refractivity contribution >= 4 is 33.5 Å². The highest BCUT2D eigenvalue weighted by atomic mass is 79.9. The molecule has 0 saturated heterocycles. The number of nitrogens with one attached hydrogen (secondary N) is 1. The molecule has 0 amide bonds. The van der Waals surface area contributed by atoms with Crippen molar-refractivity contribution in [2.45, 2.75) is 6.04 Å². The largest absolute Gasteiger partial charge is 0.366 e. The highest BCUT2D eigenvalue weighted by molar-refractivity contribution is 9.10. The number of allylic oxidation sites excluding steroid dienone is 1. The number of nitrogens with two attached hydrogens (primary N) is 1. The smallest absolute Gasteiger partial charge is 0.241 e. The van der Waals surface area contributed by atoms with Crippen LogP contribution in [-0.2, 0) is 0 Å². The predicted molar refractivity (Wildman–Crippen MR) is 94.8 cm³/mol. The van der Waals surface area contributed by atoms with Crippen LogP contribution in [0.25, 0.3) is 5.70 Å². The van der Waals surface area contributed by atoms with Crippen LogP contribution >= 0.6 is 15.9 Å². The van der Waals surface area contributed by atoms with Crippen LogP contribution in [0, 0.1) is 0 Å². The molecule has 0 radical (unpaired) electrons. The summed E-state index contributed by atoms with van der Waals surface area (Å²) in [7, 11) is 0. The molecule has 0 unspecified atom stereocenters. The molecule has 0 spiro atoms. The lowest BCUT2D eigenvalue weighted by atomic mass is 10.0. The van der Waals surface area contributed by atoms with Gasteiger partial charge in [-0.3, -0.25) is 0 Å². The Balaban J connectivity index is 1.83. The Bertz CT molecular complexity index is 868. The first-order chi connectivity index (χ1) is 11.2. The molecule has 0 saturated carbocycles. The topological polar surface area (TPSA) is 68.8 Å². The molecule has 5 nitrogen and oxygen atoms in total. The van der Waals surface area contributed by atoms with Gasteiger partial charge in [-0.25, -0.2) is 4.68 Å². The maximum absolute atomic E-state index is 5.79. The fourth-order valence-corrected chi connectivity index (χ4v) is 2.96. The second kappa shape index (κ2) is 5.55. The molecule has 1 atom stereocenters. The Morgan fingerprint density at radius 2 is 1.78 bits per heavy atom. The lowest BCUT2D eigenvalue weighted by Crippen LogP contribution is -2.20. The molecule has 2 heterocycles. The number of fused-ring (bicyclic) bond motifs is 1. The van der Waals surface area contributed by atoms with Gasteiger partial charge >= 0.3 is 0 Å². The zero-order chi connectivity index (χ0) is 15.8. The van der Waals surface area contributed by atoms with E-state index in [0.29, 0.717) is 5.95 Å². The molecular formula is C17H14BrN5. The fraction of sp³-hybridized carbons (Fsp3) is 0.0588. The summed E-state index contributed by atoms with van der Waals surface area (Å²) < 4.78 is 2.85. The van der Waals surface area contributed by atoms with Gasteiger partial charge in [0.1, 0.15) is 6.04 Å². The number of halogens is 1. The number of nitrogens with zero attached hydrogens (tertiary/aromatic N) is 3. The summed E-state index contributed by atoms with van der Waals surface area (Å²) >= 11 is 3.47. The van der Waals surface area contributed by atoms with E-state index in [1.165, 1.54) is 0 Å². The average molecular weight is 368 g/mol. The third kappa shape index (κ3) is 2.61. The van der Waals surface area contributed by atoms with Crippen molar-refractivity contribution in [3.8, 4) is 0 Å². The monoisotopic (exact) mass is 367 g/mol. The number of rotatable bonds is 2. The van der Waals surface area contributed by atoms with Gasteiger partial charge in [-0.2, -0.15) is 4.98 Å². The number of hydrogen-bond acceptors (Lipinski definition) is 4. The number of aromatic nitrogens is 3. The van der Waals surface area contributed by atoms with Crippen molar-refractivity contribution in [1.82, 2.24) is 14.8 Å². The van der Waals surface area contributed by atoms with Crippen LogP contribution in [0.4, 0.5) is 11.9 Å². The lowest BCUT2D eigenvalue weighted by molar-refractivity contribution is 0.614. The van der Waals surface area contributed by atoms with Crippen LogP contribution in [-0.4, -0.2) is 14.8 Å². The van der Waals surface area contributed by atoms with E-state index in [9.17, 15) is 0 Å². The summed E-state index contributed by atoms with van der Waals surface area (Å²) in [6.45, 7) is 0. The van der Waals surface area contributed by atoms with Crippen LogP contribution in [0.2, 0.25) is 0 Å². The van der Waals surface area contributed by atoms with Gasteiger partial charge in [-0.05, 0) is 29.3 Å². The minimum atomic E-state index is -0.0562. The van der Waals surface area contributed by atoms with Crippen molar-refractivity contribution < 1.29 is 0 Å². The number of hydrogen-bond donors (Lipinski definition) is 2. The Labute approximate surface area is 142 Å². The van der Waals surface area contributed by atoms with E-state index in [1.54, 1.807) is 0 Å². The van der Waals surface area contributed by atoms with Gasteiger partial charge in [0.25, 0.3) is 0 Å². The lowest BCUT2D eigenvalue weighted by Gasteiger charge is -2.24. The molecular weight excluding hydrogens is 354 g/mol. The van der Waals surface area contributed by atoms with Crippen molar-refractivity contribution in [2.24, 2.45) is 0 Å². The van der Waals surface area contributed by atoms with Crippen molar-refractivity contribution in [2.75, 3.05) is 11.1 Å². The Hall–Kier alpha value is -2.60. The van der Waals surface area contributed by atoms with Crippen LogP contribution in [0.15, 0.2) is 65.1 Å². The number of nitrogen functional groups attached to an aromatic ring is 1. The first kappa shape index (κ1) is 14.0. The molecule has 0 aliphatic carbocycles. The molecule has 0 fully saturated rings. The fourth-order valence-electron chi connectivity index (χ4n) is 2.69. The molecule has 1 aromatic heterocycles. The summed E-state index contributed by atoms with van der Waals surface area (Å²) in [5, 5.41) is 7.63. The highest BCUT2D eigenvalue weighted by Crippen LogP contribution is 2.33. The molecule has 1 aliphatic rings. The third-order valence-electron chi connectivity index (χ3n) is 3.78. The van der Waals surface area contributed by atoms with Crippen LogP contribution in [0.3, 0.4) is 0 Å². The van der Waals surface area contributed by atoms with Crippen LogP contribution < -0.4 is 11.1 Å². The second-order valence-electron chi connectivity index (χ2n) is 5.31. The maximum Gasteiger partial charge on any atom is 0.241 e. The normalized spacial score (nSPS) is 16.4. The Morgan fingerprint density at radius 1 is 1.04 bits per heavy atom. The van der Waals surface area contributed by atoms with E-state index in [4.69, 9.17) is 5.73 Å². The molecule has 2 aromatic carbocycles. The van der Waals surface area contributed by atoms with E-state index in [1.807, 2.05) is 35.0 Å². The SMILES string of the molecule is Nc1nc2n(n1)[C@@H](c1ccc(Br)cc1)C=C(c1ccccc1)N2. The number of benzene rings is 2. The van der Waals surface area contributed by atoms with Crippen molar-refractivity contribution in [3.63, 3.8) is 0 Å². The van der Waals surface area contributed by atoms with E-state index in [-0.39, 0.29) is 12.0 Å². The zero-order valence-electron chi connectivity index (χ0n) is 12.1. The minimum absolute atomic E-state index is 0.0562.